The van der Waals surface area contributed by atoms with Gasteiger partial charge in [0.1, 0.15) is 11.3 Å². The van der Waals surface area contributed by atoms with Gasteiger partial charge in [-0.25, -0.2) is 4.79 Å². The number of aryl methyl sites for hydroxylation is 4. The summed E-state index contributed by atoms with van der Waals surface area (Å²) in [4.78, 5) is 11.5. The summed E-state index contributed by atoms with van der Waals surface area (Å²) in [5.41, 5.74) is 4.99. The summed E-state index contributed by atoms with van der Waals surface area (Å²) in [6.07, 6.45) is 2.59. The van der Waals surface area contributed by atoms with Gasteiger partial charge in [0.2, 0.25) is 0 Å². The quantitative estimate of drug-likeness (QED) is 0.870. The summed E-state index contributed by atoms with van der Waals surface area (Å²) >= 11 is 0. The lowest BCUT2D eigenvalue weighted by molar-refractivity contribution is 0.0692. The molecule has 116 valence electrons. The minimum absolute atomic E-state index is 0.283. The van der Waals surface area contributed by atoms with Gasteiger partial charge in [-0.15, -0.1) is 0 Å². The fourth-order valence-corrected chi connectivity index (χ4v) is 2.74. The molecule has 22 heavy (non-hydrogen) atoms. The van der Waals surface area contributed by atoms with Gasteiger partial charge in [-0.05, 0) is 55.9 Å². The summed E-state index contributed by atoms with van der Waals surface area (Å²) in [7, 11) is 1.50. The summed E-state index contributed by atoms with van der Waals surface area (Å²) < 4.78 is 5.17. The van der Waals surface area contributed by atoms with Crippen molar-refractivity contribution in [2.45, 2.75) is 33.1 Å². The van der Waals surface area contributed by atoms with Crippen molar-refractivity contribution in [3.05, 3.63) is 64.2 Å². The Kier molecular flexibility index (Phi) is 5.21. The SMILES string of the molecule is COc1cccc(CCCc2cc(C)ccc2C)c1C(=O)O. The number of ether oxygens (including phenoxy) is 1. The third kappa shape index (κ3) is 3.67. The maximum Gasteiger partial charge on any atom is 0.339 e. The van der Waals surface area contributed by atoms with E-state index in [1.165, 1.54) is 23.8 Å². The van der Waals surface area contributed by atoms with Gasteiger partial charge in [-0.1, -0.05) is 35.9 Å². The van der Waals surface area contributed by atoms with Gasteiger partial charge in [0, 0.05) is 0 Å². The van der Waals surface area contributed by atoms with Crippen molar-refractivity contribution in [2.24, 2.45) is 0 Å². The van der Waals surface area contributed by atoms with Gasteiger partial charge in [-0.2, -0.15) is 0 Å². The van der Waals surface area contributed by atoms with E-state index in [2.05, 4.69) is 32.0 Å². The second-order valence-electron chi connectivity index (χ2n) is 5.58. The van der Waals surface area contributed by atoms with Gasteiger partial charge in [0.05, 0.1) is 7.11 Å². The first-order chi connectivity index (χ1) is 10.5. The zero-order chi connectivity index (χ0) is 16.1. The van der Waals surface area contributed by atoms with Crippen molar-refractivity contribution in [3.8, 4) is 5.75 Å². The second kappa shape index (κ2) is 7.12. The van der Waals surface area contributed by atoms with Gasteiger partial charge in [0.25, 0.3) is 0 Å². The molecule has 0 aromatic heterocycles. The number of aromatic carboxylic acids is 1. The molecule has 0 spiro atoms. The molecule has 0 saturated carbocycles. The summed E-state index contributed by atoms with van der Waals surface area (Å²) in [5, 5.41) is 9.39. The Morgan fingerprint density at radius 1 is 1.09 bits per heavy atom. The van der Waals surface area contributed by atoms with Gasteiger partial charge < -0.3 is 9.84 Å². The van der Waals surface area contributed by atoms with Crippen LogP contribution in [0.1, 0.15) is 39.0 Å². The number of carboxylic acid groups (broad SMARTS) is 1. The molecule has 0 aliphatic carbocycles. The molecule has 0 atom stereocenters. The van der Waals surface area contributed by atoms with Crippen LogP contribution in [0.2, 0.25) is 0 Å². The molecule has 3 nitrogen and oxygen atoms in total. The number of rotatable bonds is 6. The molecular weight excluding hydrogens is 276 g/mol. The molecule has 2 rings (SSSR count). The van der Waals surface area contributed by atoms with Crippen LogP contribution in [0.15, 0.2) is 36.4 Å². The molecule has 0 heterocycles. The molecule has 2 aromatic carbocycles. The highest BCUT2D eigenvalue weighted by molar-refractivity contribution is 5.92. The fraction of sp³-hybridized carbons (Fsp3) is 0.316. The number of carbonyl (C=O) groups is 1. The molecule has 0 amide bonds. The Morgan fingerprint density at radius 3 is 2.50 bits per heavy atom. The second-order valence-corrected chi connectivity index (χ2v) is 5.58. The Labute approximate surface area is 131 Å². The molecule has 3 heteroatoms. The number of carboxylic acids is 1. The average molecular weight is 298 g/mol. The predicted octanol–water partition coefficient (Wildman–Crippen LogP) is 4.19. The van der Waals surface area contributed by atoms with E-state index in [0.29, 0.717) is 5.75 Å². The molecule has 1 N–H and O–H groups in total. The molecule has 0 unspecified atom stereocenters. The minimum Gasteiger partial charge on any atom is -0.496 e. The molecule has 0 aliphatic rings. The topological polar surface area (TPSA) is 46.5 Å². The third-order valence-corrected chi connectivity index (χ3v) is 3.94. The fourth-order valence-electron chi connectivity index (χ4n) is 2.74. The van der Waals surface area contributed by atoms with Crippen LogP contribution < -0.4 is 4.74 Å². The Balaban J connectivity index is 2.12. The smallest absolute Gasteiger partial charge is 0.339 e. The lowest BCUT2D eigenvalue weighted by Crippen LogP contribution is -2.06. The standard InChI is InChI=1S/C19H22O3/c1-13-10-11-14(2)16(12-13)8-4-6-15-7-5-9-17(22-3)18(15)19(20)21/h5,7,9-12H,4,6,8H2,1-3H3,(H,20,21). The van der Waals surface area contributed by atoms with E-state index in [4.69, 9.17) is 4.74 Å². The number of methoxy groups -OCH3 is 1. The Hall–Kier alpha value is -2.29. The highest BCUT2D eigenvalue weighted by Gasteiger charge is 2.15. The molecule has 0 aliphatic heterocycles. The summed E-state index contributed by atoms with van der Waals surface area (Å²) in [5.74, 6) is -0.504. The molecule has 0 bridgehead atoms. The van der Waals surface area contributed by atoms with Crippen LogP contribution in [0, 0.1) is 13.8 Å². The van der Waals surface area contributed by atoms with Crippen LogP contribution in [0.4, 0.5) is 0 Å². The average Bonchev–Trinajstić information content (AvgIpc) is 2.50. The summed E-state index contributed by atoms with van der Waals surface area (Å²) in [6.45, 7) is 4.20. The van der Waals surface area contributed by atoms with E-state index in [0.717, 1.165) is 24.8 Å². The van der Waals surface area contributed by atoms with Crippen LogP contribution in [0.25, 0.3) is 0 Å². The first-order valence-corrected chi connectivity index (χ1v) is 7.48. The van der Waals surface area contributed by atoms with E-state index in [1.54, 1.807) is 6.07 Å². The molecule has 0 radical (unpaired) electrons. The van der Waals surface area contributed by atoms with Crippen LogP contribution >= 0.6 is 0 Å². The van der Waals surface area contributed by atoms with Crippen molar-refractivity contribution < 1.29 is 14.6 Å². The Morgan fingerprint density at radius 2 is 1.82 bits per heavy atom. The normalized spacial score (nSPS) is 10.5. The Bertz CT molecular complexity index is 674. The van der Waals surface area contributed by atoms with E-state index in [9.17, 15) is 9.90 Å². The first kappa shape index (κ1) is 16.1. The highest BCUT2D eigenvalue weighted by atomic mass is 16.5. The monoisotopic (exact) mass is 298 g/mol. The number of benzene rings is 2. The van der Waals surface area contributed by atoms with E-state index < -0.39 is 5.97 Å². The number of hydrogen-bond acceptors (Lipinski definition) is 2. The molecule has 2 aromatic rings. The zero-order valence-corrected chi connectivity index (χ0v) is 13.3. The number of hydrogen-bond donors (Lipinski definition) is 1. The molecule has 0 fully saturated rings. The van der Waals surface area contributed by atoms with E-state index >= 15 is 0 Å². The van der Waals surface area contributed by atoms with Gasteiger partial charge >= 0.3 is 5.97 Å². The van der Waals surface area contributed by atoms with Gasteiger partial charge in [0.15, 0.2) is 0 Å². The van der Waals surface area contributed by atoms with Crippen LogP contribution in [-0.4, -0.2) is 18.2 Å². The summed E-state index contributed by atoms with van der Waals surface area (Å²) in [6, 6.07) is 11.9. The van der Waals surface area contributed by atoms with Crippen molar-refractivity contribution in [2.75, 3.05) is 7.11 Å². The highest BCUT2D eigenvalue weighted by Crippen LogP contribution is 2.24. The minimum atomic E-state index is -0.931. The van der Waals surface area contributed by atoms with Crippen molar-refractivity contribution in [1.29, 1.82) is 0 Å². The van der Waals surface area contributed by atoms with Crippen LogP contribution in [0.5, 0.6) is 5.75 Å². The van der Waals surface area contributed by atoms with Gasteiger partial charge in [-0.3, -0.25) is 0 Å². The van der Waals surface area contributed by atoms with Crippen LogP contribution in [-0.2, 0) is 12.8 Å². The molecular formula is C19H22O3. The maximum atomic E-state index is 11.5. The van der Waals surface area contributed by atoms with Crippen LogP contribution in [0.3, 0.4) is 0 Å². The van der Waals surface area contributed by atoms with Crippen molar-refractivity contribution >= 4 is 5.97 Å². The first-order valence-electron chi connectivity index (χ1n) is 7.48. The predicted molar refractivity (Wildman–Crippen MR) is 87.9 cm³/mol. The van der Waals surface area contributed by atoms with E-state index in [1.807, 2.05) is 12.1 Å². The largest absolute Gasteiger partial charge is 0.496 e. The lowest BCUT2D eigenvalue weighted by atomic mass is 9.96. The lowest BCUT2D eigenvalue weighted by Gasteiger charge is -2.11. The van der Waals surface area contributed by atoms with E-state index in [-0.39, 0.29) is 5.56 Å². The zero-order valence-electron chi connectivity index (χ0n) is 13.3. The van der Waals surface area contributed by atoms with Crippen molar-refractivity contribution in [1.82, 2.24) is 0 Å². The third-order valence-electron chi connectivity index (χ3n) is 3.94. The maximum absolute atomic E-state index is 11.5. The molecule has 0 saturated heterocycles. The van der Waals surface area contributed by atoms with Crippen molar-refractivity contribution in [3.63, 3.8) is 0 Å².